The monoisotopic (exact) mass is 418 g/mol. The number of aryl methyl sites for hydroxylation is 2. The third kappa shape index (κ3) is 5.63. The van der Waals surface area contributed by atoms with Gasteiger partial charge in [0, 0.05) is 23.3 Å². The van der Waals surface area contributed by atoms with Crippen LogP contribution in [0.5, 0.6) is 0 Å². The van der Waals surface area contributed by atoms with Gasteiger partial charge in [0.05, 0.1) is 0 Å². The number of amides is 1. The Morgan fingerprint density at radius 1 is 1.17 bits per heavy atom. The van der Waals surface area contributed by atoms with Gasteiger partial charge < -0.3 is 14.6 Å². The van der Waals surface area contributed by atoms with Crippen molar-refractivity contribution in [2.24, 2.45) is 5.92 Å². The van der Waals surface area contributed by atoms with E-state index in [0.29, 0.717) is 17.3 Å². The first-order valence-corrected chi connectivity index (χ1v) is 10.3. The predicted molar refractivity (Wildman–Crippen MR) is 117 cm³/mol. The number of esters is 1. The molecule has 158 valence electrons. The number of ether oxygens (including phenoxy) is 1. The number of carbonyl (C=O) groups is 2. The minimum absolute atomic E-state index is 0.112. The first-order valence-electron chi connectivity index (χ1n) is 9.94. The second-order valence-electron chi connectivity index (χ2n) is 8.56. The van der Waals surface area contributed by atoms with Gasteiger partial charge in [-0.15, -0.1) is 0 Å². The molecule has 1 amide bonds. The molecule has 1 aromatic heterocycles. The largest absolute Gasteiger partial charge is 0.458 e. The highest BCUT2D eigenvalue weighted by Gasteiger charge is 2.31. The minimum atomic E-state index is -0.736. The number of benzene rings is 1. The lowest BCUT2D eigenvalue weighted by atomic mass is 10.0. The van der Waals surface area contributed by atoms with E-state index in [1.165, 1.54) is 0 Å². The summed E-state index contributed by atoms with van der Waals surface area (Å²) in [4.78, 5) is 26.0. The van der Waals surface area contributed by atoms with Crippen LogP contribution in [0.3, 0.4) is 0 Å². The first-order chi connectivity index (χ1) is 13.4. The Balaban J connectivity index is 2.43. The molecule has 0 aliphatic carbocycles. The Morgan fingerprint density at radius 2 is 1.76 bits per heavy atom. The predicted octanol–water partition coefficient (Wildman–Crippen LogP) is 5.23. The van der Waals surface area contributed by atoms with E-state index in [-0.39, 0.29) is 11.8 Å². The Kier molecular flexibility index (Phi) is 7.17. The highest BCUT2D eigenvalue weighted by Crippen LogP contribution is 2.30. The number of hydrogen-bond donors (Lipinski definition) is 1. The lowest BCUT2D eigenvalue weighted by Gasteiger charge is -2.26. The van der Waals surface area contributed by atoms with Gasteiger partial charge in [0.1, 0.15) is 17.3 Å². The maximum Gasteiger partial charge on any atom is 0.329 e. The summed E-state index contributed by atoms with van der Waals surface area (Å²) in [5.74, 6) is -0.839. The molecule has 1 atom stereocenters. The van der Waals surface area contributed by atoms with Crippen LogP contribution in [-0.2, 0) is 16.1 Å². The van der Waals surface area contributed by atoms with Crippen molar-refractivity contribution in [2.75, 3.05) is 0 Å². The summed E-state index contributed by atoms with van der Waals surface area (Å²) < 4.78 is 7.42. The number of nitrogens with zero attached hydrogens (tertiary/aromatic N) is 1. The van der Waals surface area contributed by atoms with Crippen molar-refractivity contribution >= 4 is 23.5 Å². The molecule has 1 N–H and O–H groups in total. The number of nitrogens with one attached hydrogen (secondary N) is 1. The topological polar surface area (TPSA) is 60.3 Å². The van der Waals surface area contributed by atoms with Crippen molar-refractivity contribution in [3.8, 4) is 11.1 Å². The molecule has 1 unspecified atom stereocenters. The van der Waals surface area contributed by atoms with Gasteiger partial charge in [0.2, 0.25) is 0 Å². The van der Waals surface area contributed by atoms with E-state index in [1.807, 2.05) is 71.4 Å². The third-order valence-corrected chi connectivity index (χ3v) is 4.82. The van der Waals surface area contributed by atoms with Gasteiger partial charge >= 0.3 is 5.97 Å². The van der Waals surface area contributed by atoms with Crippen LogP contribution in [0.25, 0.3) is 11.1 Å². The average Bonchev–Trinajstić information content (AvgIpc) is 2.94. The molecule has 1 aromatic carbocycles. The van der Waals surface area contributed by atoms with Crippen LogP contribution in [0.15, 0.2) is 30.5 Å². The zero-order valence-electron chi connectivity index (χ0n) is 18.3. The number of hydrogen-bond acceptors (Lipinski definition) is 3. The molecule has 6 heteroatoms. The highest BCUT2D eigenvalue weighted by molar-refractivity contribution is 6.30. The number of rotatable bonds is 6. The van der Waals surface area contributed by atoms with Gasteiger partial charge in [-0.1, -0.05) is 37.6 Å². The zero-order valence-corrected chi connectivity index (χ0v) is 19.1. The van der Waals surface area contributed by atoms with Gasteiger partial charge in [-0.25, -0.2) is 4.79 Å². The molecule has 0 spiro atoms. The maximum atomic E-state index is 13.3. The summed E-state index contributed by atoms with van der Waals surface area (Å²) in [6.45, 7) is 13.8. The van der Waals surface area contributed by atoms with Crippen molar-refractivity contribution in [3.05, 3.63) is 46.7 Å². The standard InChI is InChI=1S/C23H31ClN2O3/c1-8-26-13-15(4)18(16-9-11-17(24)12-10-16)20(26)21(27)25-19(14(2)3)22(28)29-23(5,6)7/h9-14,19H,8H2,1-7H3,(H,25,27). The van der Waals surface area contributed by atoms with Crippen molar-refractivity contribution in [2.45, 2.75) is 66.7 Å². The summed E-state index contributed by atoms with van der Waals surface area (Å²) in [6.07, 6.45) is 1.96. The molecular weight excluding hydrogens is 388 g/mol. The van der Waals surface area contributed by atoms with Crippen LogP contribution in [0.2, 0.25) is 5.02 Å². The van der Waals surface area contributed by atoms with Crippen molar-refractivity contribution in [3.63, 3.8) is 0 Å². The summed E-state index contributed by atoms with van der Waals surface area (Å²) in [7, 11) is 0. The number of halogens is 1. The van der Waals surface area contributed by atoms with Crippen LogP contribution in [0.1, 0.15) is 57.6 Å². The molecule has 0 fully saturated rings. The van der Waals surface area contributed by atoms with Gasteiger partial charge in [-0.2, -0.15) is 0 Å². The summed E-state index contributed by atoms with van der Waals surface area (Å²) in [5.41, 5.74) is 2.64. The van der Waals surface area contributed by atoms with Crippen LogP contribution >= 0.6 is 11.6 Å². The number of carbonyl (C=O) groups excluding carboxylic acids is 2. The Hall–Kier alpha value is -2.27. The van der Waals surface area contributed by atoms with Crippen molar-refractivity contribution in [1.29, 1.82) is 0 Å². The molecule has 5 nitrogen and oxygen atoms in total. The minimum Gasteiger partial charge on any atom is -0.458 e. The van der Waals surface area contributed by atoms with Crippen LogP contribution in [-0.4, -0.2) is 28.1 Å². The van der Waals surface area contributed by atoms with Crippen LogP contribution < -0.4 is 5.32 Å². The molecule has 29 heavy (non-hydrogen) atoms. The fourth-order valence-corrected chi connectivity index (χ4v) is 3.37. The quantitative estimate of drug-likeness (QED) is 0.653. The molecule has 1 heterocycles. The van der Waals surface area contributed by atoms with Gasteiger partial charge in [-0.05, 0) is 63.8 Å². The Morgan fingerprint density at radius 3 is 2.24 bits per heavy atom. The van der Waals surface area contributed by atoms with Crippen LogP contribution in [0.4, 0.5) is 0 Å². The molecule has 2 aromatic rings. The highest BCUT2D eigenvalue weighted by atomic mass is 35.5. The van der Waals surface area contributed by atoms with Crippen LogP contribution in [0, 0.1) is 12.8 Å². The lowest BCUT2D eigenvalue weighted by molar-refractivity contribution is -0.158. The van der Waals surface area contributed by atoms with E-state index in [0.717, 1.165) is 16.7 Å². The molecule has 0 saturated carbocycles. The van der Waals surface area contributed by atoms with E-state index in [2.05, 4.69) is 5.32 Å². The van der Waals surface area contributed by atoms with Crippen molar-refractivity contribution in [1.82, 2.24) is 9.88 Å². The van der Waals surface area contributed by atoms with E-state index in [9.17, 15) is 9.59 Å². The van der Waals surface area contributed by atoms with E-state index < -0.39 is 17.6 Å². The molecular formula is C23H31ClN2O3. The zero-order chi connectivity index (χ0) is 21.9. The second kappa shape index (κ2) is 9.04. The molecule has 0 aliphatic heterocycles. The third-order valence-electron chi connectivity index (χ3n) is 4.57. The van der Waals surface area contributed by atoms with Crippen molar-refractivity contribution < 1.29 is 14.3 Å². The maximum absolute atomic E-state index is 13.3. The Labute approximate surface area is 178 Å². The fourth-order valence-electron chi connectivity index (χ4n) is 3.24. The molecule has 0 aliphatic rings. The summed E-state index contributed by atoms with van der Waals surface area (Å²) in [5, 5.41) is 3.54. The van der Waals surface area contributed by atoms with E-state index in [1.54, 1.807) is 12.1 Å². The van der Waals surface area contributed by atoms with Gasteiger partial charge in [0.15, 0.2) is 0 Å². The fraction of sp³-hybridized carbons (Fsp3) is 0.478. The van der Waals surface area contributed by atoms with Gasteiger partial charge in [0.25, 0.3) is 5.91 Å². The molecule has 0 radical (unpaired) electrons. The first kappa shape index (κ1) is 23.0. The molecule has 0 saturated heterocycles. The Bertz CT molecular complexity index is 877. The second-order valence-corrected chi connectivity index (χ2v) is 8.99. The summed E-state index contributed by atoms with van der Waals surface area (Å²) in [6, 6.07) is 6.67. The smallest absolute Gasteiger partial charge is 0.329 e. The van der Waals surface area contributed by atoms with E-state index >= 15 is 0 Å². The SMILES string of the molecule is CCn1cc(C)c(-c2ccc(Cl)cc2)c1C(=O)NC(C(=O)OC(C)(C)C)C(C)C. The lowest BCUT2D eigenvalue weighted by Crippen LogP contribution is -2.47. The van der Waals surface area contributed by atoms with E-state index in [4.69, 9.17) is 16.3 Å². The summed E-state index contributed by atoms with van der Waals surface area (Å²) >= 11 is 6.03. The normalized spacial score (nSPS) is 12.7. The average molecular weight is 419 g/mol. The molecule has 2 rings (SSSR count). The number of aromatic nitrogens is 1. The van der Waals surface area contributed by atoms with Gasteiger partial charge in [-0.3, -0.25) is 4.79 Å². The molecule has 0 bridgehead atoms.